The summed E-state index contributed by atoms with van der Waals surface area (Å²) in [5.41, 5.74) is 3.10. The van der Waals surface area contributed by atoms with Gasteiger partial charge in [0.25, 0.3) is 0 Å². The van der Waals surface area contributed by atoms with E-state index in [2.05, 4.69) is 29.1 Å². The summed E-state index contributed by atoms with van der Waals surface area (Å²) >= 11 is 0. The minimum Gasteiger partial charge on any atom is -0.380 e. The molecule has 0 atom stereocenters. The average Bonchev–Trinajstić information content (AvgIpc) is 2.97. The number of hydrogen-bond acceptors (Lipinski definition) is 5. The number of anilines is 1. The molecule has 0 spiro atoms. The number of aromatic nitrogens is 3. The van der Waals surface area contributed by atoms with Gasteiger partial charge < -0.3 is 10.3 Å². The molecule has 0 radical (unpaired) electrons. The van der Waals surface area contributed by atoms with E-state index in [0.29, 0.717) is 22.9 Å². The van der Waals surface area contributed by atoms with Crippen LogP contribution in [0.3, 0.4) is 0 Å². The molecule has 7 nitrogen and oxygen atoms in total. The third-order valence-corrected chi connectivity index (χ3v) is 6.06. The van der Waals surface area contributed by atoms with Gasteiger partial charge in [0.2, 0.25) is 0 Å². The van der Waals surface area contributed by atoms with Gasteiger partial charge in [-0.25, -0.2) is 22.8 Å². The van der Waals surface area contributed by atoms with Crippen LogP contribution in [0.2, 0.25) is 0 Å². The third-order valence-electron chi connectivity index (χ3n) is 4.93. The Balaban J connectivity index is 2.10. The standard InChI is InChI=1S/C21H28N4O3S/c1-5-7-15(8-6-2)23-18-13-14(3)22-20-19(18)24-21(26)25(20)16-9-11-17(12-10-16)29(4,27)28/h9-13,15H,5-8H2,1-4H3,(H,22,23)(H,24,26). The SMILES string of the molecule is CCCC(CCC)Nc1cc(C)nc2c1[nH]c(=O)n2-c1ccc(S(C)(=O)=O)cc1. The Bertz CT molecular complexity index is 1160. The number of fused-ring (bicyclic) bond motifs is 1. The summed E-state index contributed by atoms with van der Waals surface area (Å²) in [6, 6.07) is 8.54. The van der Waals surface area contributed by atoms with Crippen LogP contribution < -0.4 is 11.0 Å². The minimum absolute atomic E-state index is 0.211. The van der Waals surface area contributed by atoms with Crippen LogP contribution in [0.4, 0.5) is 5.69 Å². The molecule has 0 aliphatic rings. The van der Waals surface area contributed by atoms with E-state index in [9.17, 15) is 13.2 Å². The van der Waals surface area contributed by atoms with Gasteiger partial charge >= 0.3 is 5.69 Å². The maximum absolute atomic E-state index is 12.7. The number of aromatic amines is 1. The van der Waals surface area contributed by atoms with Crippen LogP contribution in [-0.2, 0) is 9.84 Å². The molecular formula is C21H28N4O3S. The summed E-state index contributed by atoms with van der Waals surface area (Å²) < 4.78 is 24.9. The second-order valence-corrected chi connectivity index (χ2v) is 9.48. The van der Waals surface area contributed by atoms with E-state index < -0.39 is 9.84 Å². The fourth-order valence-corrected chi connectivity index (χ4v) is 4.23. The van der Waals surface area contributed by atoms with Gasteiger partial charge in [0.1, 0.15) is 5.52 Å². The molecule has 0 aliphatic heterocycles. The summed E-state index contributed by atoms with van der Waals surface area (Å²) in [6.07, 6.45) is 5.42. The number of nitrogens with one attached hydrogen (secondary N) is 2. The van der Waals surface area contributed by atoms with Crippen molar-refractivity contribution in [2.45, 2.75) is 57.4 Å². The van der Waals surface area contributed by atoms with Crippen LogP contribution >= 0.6 is 0 Å². The number of hydrogen-bond donors (Lipinski definition) is 2. The first-order valence-electron chi connectivity index (χ1n) is 9.94. The lowest BCUT2D eigenvalue weighted by Crippen LogP contribution is -2.19. The molecule has 156 valence electrons. The van der Waals surface area contributed by atoms with E-state index >= 15 is 0 Å². The van der Waals surface area contributed by atoms with E-state index in [4.69, 9.17) is 0 Å². The van der Waals surface area contributed by atoms with E-state index in [0.717, 1.165) is 43.3 Å². The highest BCUT2D eigenvalue weighted by atomic mass is 32.2. The maximum Gasteiger partial charge on any atom is 0.332 e. The van der Waals surface area contributed by atoms with Gasteiger partial charge in [-0.3, -0.25) is 0 Å². The molecule has 1 aromatic carbocycles. The predicted octanol–water partition coefficient (Wildman–Crippen LogP) is 3.81. The first-order valence-corrected chi connectivity index (χ1v) is 11.8. The van der Waals surface area contributed by atoms with Crippen LogP contribution in [0, 0.1) is 6.92 Å². The number of rotatable bonds is 8. The van der Waals surface area contributed by atoms with Crippen LogP contribution in [0.1, 0.15) is 45.2 Å². The highest BCUT2D eigenvalue weighted by Gasteiger charge is 2.17. The van der Waals surface area contributed by atoms with Crippen LogP contribution in [0.15, 0.2) is 40.0 Å². The van der Waals surface area contributed by atoms with E-state index in [1.807, 2.05) is 13.0 Å². The number of sulfone groups is 1. The fraction of sp³-hybridized carbons (Fsp3) is 0.429. The van der Waals surface area contributed by atoms with Crippen LogP contribution in [-0.4, -0.2) is 35.3 Å². The fourth-order valence-electron chi connectivity index (χ4n) is 3.60. The zero-order valence-electron chi connectivity index (χ0n) is 17.3. The Hall–Kier alpha value is -2.61. The van der Waals surface area contributed by atoms with Crippen molar-refractivity contribution in [2.24, 2.45) is 0 Å². The first kappa shape index (κ1) is 21.1. The van der Waals surface area contributed by atoms with Crippen LogP contribution in [0.25, 0.3) is 16.9 Å². The Morgan fingerprint density at radius 1 is 1.14 bits per heavy atom. The summed E-state index contributed by atoms with van der Waals surface area (Å²) in [7, 11) is -3.30. The van der Waals surface area contributed by atoms with Gasteiger partial charge in [0.15, 0.2) is 15.5 Å². The van der Waals surface area contributed by atoms with Crippen molar-refractivity contribution in [1.82, 2.24) is 14.5 Å². The molecule has 0 saturated heterocycles. The number of aryl methyl sites for hydroxylation is 1. The lowest BCUT2D eigenvalue weighted by atomic mass is 10.1. The van der Waals surface area contributed by atoms with Gasteiger partial charge in [0, 0.05) is 18.0 Å². The molecule has 2 heterocycles. The molecule has 3 rings (SSSR count). The average molecular weight is 417 g/mol. The van der Waals surface area contributed by atoms with Gasteiger partial charge in [0.05, 0.1) is 16.3 Å². The maximum atomic E-state index is 12.7. The molecule has 3 aromatic rings. The van der Waals surface area contributed by atoms with E-state index in [-0.39, 0.29) is 10.6 Å². The summed E-state index contributed by atoms with van der Waals surface area (Å²) in [5.74, 6) is 0. The van der Waals surface area contributed by atoms with Crippen molar-refractivity contribution in [1.29, 1.82) is 0 Å². The Morgan fingerprint density at radius 2 is 1.76 bits per heavy atom. The summed E-state index contributed by atoms with van der Waals surface area (Å²) in [5, 5.41) is 3.58. The first-order chi connectivity index (χ1) is 13.7. The second kappa shape index (κ2) is 8.41. The van der Waals surface area contributed by atoms with Gasteiger partial charge in [-0.1, -0.05) is 26.7 Å². The molecule has 0 aliphatic carbocycles. The number of benzene rings is 1. The second-order valence-electron chi connectivity index (χ2n) is 7.46. The molecule has 0 unspecified atom stereocenters. The van der Waals surface area contributed by atoms with Crippen molar-refractivity contribution in [3.63, 3.8) is 0 Å². The summed E-state index contributed by atoms with van der Waals surface area (Å²) in [4.78, 5) is 20.5. The monoisotopic (exact) mass is 416 g/mol. The van der Waals surface area contributed by atoms with Crippen molar-refractivity contribution in [3.05, 3.63) is 46.5 Å². The normalized spacial score (nSPS) is 12.0. The van der Waals surface area contributed by atoms with Gasteiger partial charge in [-0.2, -0.15) is 0 Å². The zero-order valence-corrected chi connectivity index (χ0v) is 18.1. The Labute approximate surface area is 171 Å². The molecule has 8 heteroatoms. The molecule has 29 heavy (non-hydrogen) atoms. The molecule has 2 N–H and O–H groups in total. The number of imidazole rings is 1. The third kappa shape index (κ3) is 4.53. The van der Waals surface area contributed by atoms with E-state index in [1.54, 1.807) is 12.1 Å². The number of pyridine rings is 1. The number of nitrogens with zero attached hydrogens (tertiary/aromatic N) is 2. The molecule has 0 fully saturated rings. The van der Waals surface area contributed by atoms with Crippen LogP contribution in [0.5, 0.6) is 0 Å². The molecule has 0 bridgehead atoms. The molecule has 2 aromatic heterocycles. The van der Waals surface area contributed by atoms with Gasteiger partial charge in [-0.15, -0.1) is 0 Å². The quantitative estimate of drug-likeness (QED) is 0.582. The van der Waals surface area contributed by atoms with Gasteiger partial charge in [-0.05, 0) is 50.1 Å². The summed E-state index contributed by atoms with van der Waals surface area (Å²) in [6.45, 7) is 6.22. The highest BCUT2D eigenvalue weighted by Crippen LogP contribution is 2.25. The predicted molar refractivity (Wildman–Crippen MR) is 117 cm³/mol. The zero-order chi connectivity index (χ0) is 21.2. The molecule has 0 amide bonds. The van der Waals surface area contributed by atoms with E-state index in [1.165, 1.54) is 16.7 Å². The van der Waals surface area contributed by atoms with Crippen molar-refractivity contribution >= 4 is 26.7 Å². The largest absolute Gasteiger partial charge is 0.380 e. The van der Waals surface area contributed by atoms with Crippen molar-refractivity contribution < 1.29 is 8.42 Å². The minimum atomic E-state index is -3.30. The Morgan fingerprint density at radius 3 is 2.31 bits per heavy atom. The lowest BCUT2D eigenvalue weighted by molar-refractivity contribution is 0.586. The smallest absolute Gasteiger partial charge is 0.332 e. The lowest BCUT2D eigenvalue weighted by Gasteiger charge is -2.19. The highest BCUT2D eigenvalue weighted by molar-refractivity contribution is 7.90. The van der Waals surface area contributed by atoms with Crippen molar-refractivity contribution in [2.75, 3.05) is 11.6 Å². The molecular weight excluding hydrogens is 388 g/mol. The van der Waals surface area contributed by atoms with Crippen molar-refractivity contribution in [3.8, 4) is 5.69 Å². The Kier molecular flexibility index (Phi) is 6.12. The number of H-pyrrole nitrogens is 1. The topological polar surface area (TPSA) is 96.8 Å². The molecule has 0 saturated carbocycles.